The van der Waals surface area contributed by atoms with Crippen LogP contribution in [0.25, 0.3) is 11.1 Å². The van der Waals surface area contributed by atoms with E-state index >= 15 is 0 Å². The second kappa shape index (κ2) is 8.63. The average Bonchev–Trinajstić information content (AvgIpc) is 2.88. The number of fused-ring (bicyclic) bond motifs is 3. The Labute approximate surface area is 169 Å². The summed E-state index contributed by atoms with van der Waals surface area (Å²) in [4.78, 5) is 23.9. The largest absolute Gasteiger partial charge is 0.496 e. The number of hydrogen-bond acceptors (Lipinski definition) is 6. The Hall–Kier alpha value is -2.90. The minimum Gasteiger partial charge on any atom is -0.496 e. The maximum atomic E-state index is 12.1. The molecular weight excluding hydrogens is 374 g/mol. The van der Waals surface area contributed by atoms with Crippen LogP contribution in [0.4, 0.5) is 0 Å². The van der Waals surface area contributed by atoms with E-state index in [1.807, 2.05) is 12.1 Å². The van der Waals surface area contributed by atoms with Crippen molar-refractivity contribution in [2.45, 2.75) is 39.0 Å². The molecule has 0 saturated heterocycles. The van der Waals surface area contributed by atoms with Crippen molar-refractivity contribution < 1.29 is 29.3 Å². The number of amides is 1. The standard InChI is InChI=1S/C22H25NO6/c1-12(26)23-20-7-6-16-17(9-14(10-24)19(11-25)21(16)28-2)15-5-4-13(8-18(15)20)22(27)29-3/h4-5,8-9,20,24-25H,6-7,10-11H2,1-3H3,(H,23,26)/t20-/m0/s1. The van der Waals surface area contributed by atoms with Gasteiger partial charge in [-0.25, -0.2) is 4.79 Å². The Balaban J connectivity index is 2.29. The summed E-state index contributed by atoms with van der Waals surface area (Å²) in [6.45, 7) is 0.954. The number of nitrogens with one attached hydrogen (secondary N) is 1. The molecule has 1 amide bonds. The molecule has 3 N–H and O–H groups in total. The number of aliphatic hydroxyl groups is 2. The maximum absolute atomic E-state index is 12.1. The number of benzene rings is 2. The summed E-state index contributed by atoms with van der Waals surface area (Å²) in [5, 5.41) is 22.6. The Kier molecular flexibility index (Phi) is 6.20. The predicted molar refractivity (Wildman–Crippen MR) is 106 cm³/mol. The summed E-state index contributed by atoms with van der Waals surface area (Å²) >= 11 is 0. The van der Waals surface area contributed by atoms with Crippen molar-refractivity contribution in [2.75, 3.05) is 14.2 Å². The van der Waals surface area contributed by atoms with Crippen LogP contribution in [0.15, 0.2) is 24.3 Å². The molecule has 0 aliphatic heterocycles. The number of carbonyl (C=O) groups excluding carboxylic acids is 2. The molecule has 7 heteroatoms. The van der Waals surface area contributed by atoms with Crippen molar-refractivity contribution in [3.63, 3.8) is 0 Å². The first-order chi connectivity index (χ1) is 13.9. The predicted octanol–water partition coefficient (Wildman–Crippen LogP) is 2.26. The number of methoxy groups -OCH3 is 2. The lowest BCUT2D eigenvalue weighted by atomic mass is 9.90. The molecule has 2 aromatic carbocycles. The van der Waals surface area contributed by atoms with E-state index in [9.17, 15) is 19.8 Å². The van der Waals surface area contributed by atoms with Crippen LogP contribution in [0.3, 0.4) is 0 Å². The second-order valence-electron chi connectivity index (χ2n) is 6.98. The third-order valence-electron chi connectivity index (χ3n) is 5.31. The fourth-order valence-corrected chi connectivity index (χ4v) is 4.03. The van der Waals surface area contributed by atoms with Crippen LogP contribution in [0.2, 0.25) is 0 Å². The molecule has 0 fully saturated rings. The quantitative estimate of drug-likeness (QED) is 0.666. The van der Waals surface area contributed by atoms with Crippen molar-refractivity contribution in [1.82, 2.24) is 5.32 Å². The molecule has 1 atom stereocenters. The number of ether oxygens (including phenoxy) is 2. The fraction of sp³-hybridized carbons (Fsp3) is 0.364. The van der Waals surface area contributed by atoms with Gasteiger partial charge in [-0.05, 0) is 53.3 Å². The molecule has 3 rings (SSSR count). The summed E-state index contributed by atoms with van der Waals surface area (Å²) in [5.41, 5.74) is 4.90. The van der Waals surface area contributed by atoms with Crippen LogP contribution < -0.4 is 10.1 Å². The van der Waals surface area contributed by atoms with Crippen molar-refractivity contribution >= 4 is 11.9 Å². The zero-order valence-electron chi connectivity index (χ0n) is 16.7. The highest BCUT2D eigenvalue weighted by atomic mass is 16.5. The van der Waals surface area contributed by atoms with E-state index in [2.05, 4.69) is 5.32 Å². The lowest BCUT2D eigenvalue weighted by Crippen LogP contribution is -2.26. The van der Waals surface area contributed by atoms with E-state index in [4.69, 9.17) is 9.47 Å². The first-order valence-corrected chi connectivity index (χ1v) is 9.38. The lowest BCUT2D eigenvalue weighted by molar-refractivity contribution is -0.119. The first kappa shape index (κ1) is 20.8. The smallest absolute Gasteiger partial charge is 0.337 e. The van der Waals surface area contributed by atoms with Gasteiger partial charge in [-0.1, -0.05) is 6.07 Å². The Morgan fingerprint density at radius 2 is 1.90 bits per heavy atom. The van der Waals surface area contributed by atoms with Gasteiger partial charge in [-0.15, -0.1) is 0 Å². The Morgan fingerprint density at radius 1 is 1.14 bits per heavy atom. The molecule has 0 saturated carbocycles. The van der Waals surface area contributed by atoms with Crippen LogP contribution in [0.5, 0.6) is 5.75 Å². The van der Waals surface area contributed by atoms with Gasteiger partial charge in [0.05, 0.1) is 39.0 Å². The second-order valence-corrected chi connectivity index (χ2v) is 6.98. The van der Waals surface area contributed by atoms with Crippen molar-refractivity contribution in [3.8, 4) is 16.9 Å². The third kappa shape index (κ3) is 3.83. The number of aliphatic hydroxyl groups excluding tert-OH is 2. The molecule has 0 radical (unpaired) electrons. The monoisotopic (exact) mass is 399 g/mol. The van der Waals surface area contributed by atoms with Gasteiger partial charge in [0.25, 0.3) is 0 Å². The normalized spacial score (nSPS) is 15.0. The van der Waals surface area contributed by atoms with Gasteiger partial charge >= 0.3 is 5.97 Å². The summed E-state index contributed by atoms with van der Waals surface area (Å²) in [6, 6.07) is 6.77. The van der Waals surface area contributed by atoms with E-state index in [0.717, 1.165) is 22.3 Å². The molecule has 7 nitrogen and oxygen atoms in total. The molecule has 1 aliphatic rings. The highest BCUT2D eigenvalue weighted by Crippen LogP contribution is 2.43. The molecular formula is C22H25NO6. The summed E-state index contributed by atoms with van der Waals surface area (Å²) in [5.74, 6) is -0.0851. The molecule has 154 valence electrons. The number of carbonyl (C=O) groups is 2. The SMILES string of the molecule is COC(=O)c1ccc2c(c1)[C@@H](NC(C)=O)CCc1c-2cc(CO)c(CO)c1OC. The number of rotatable bonds is 5. The first-order valence-electron chi connectivity index (χ1n) is 9.38. The fourth-order valence-electron chi connectivity index (χ4n) is 4.03. The third-order valence-corrected chi connectivity index (χ3v) is 5.31. The molecule has 0 bridgehead atoms. The molecule has 0 aromatic heterocycles. The van der Waals surface area contributed by atoms with Gasteiger partial charge in [0, 0.05) is 18.1 Å². The molecule has 1 aliphatic carbocycles. The van der Waals surface area contributed by atoms with Crippen molar-refractivity contribution in [3.05, 3.63) is 52.1 Å². The minimum absolute atomic E-state index is 0.172. The zero-order valence-corrected chi connectivity index (χ0v) is 16.7. The summed E-state index contributed by atoms with van der Waals surface area (Å²) in [6.07, 6.45) is 1.17. The molecule has 2 aromatic rings. The highest BCUT2D eigenvalue weighted by molar-refractivity contribution is 5.91. The molecule has 0 spiro atoms. The van der Waals surface area contributed by atoms with Crippen molar-refractivity contribution in [1.29, 1.82) is 0 Å². The molecule has 0 unspecified atom stereocenters. The Morgan fingerprint density at radius 3 is 2.48 bits per heavy atom. The van der Waals surface area contributed by atoms with Gasteiger partial charge in [-0.2, -0.15) is 0 Å². The number of esters is 1. The summed E-state index contributed by atoms with van der Waals surface area (Å²) in [7, 11) is 2.86. The van der Waals surface area contributed by atoms with E-state index in [1.165, 1.54) is 21.1 Å². The van der Waals surface area contributed by atoms with E-state index in [-0.39, 0.29) is 25.2 Å². The lowest BCUT2D eigenvalue weighted by Gasteiger charge is -2.20. The Bertz CT molecular complexity index is 953. The van der Waals surface area contributed by atoms with Crippen molar-refractivity contribution in [2.24, 2.45) is 0 Å². The van der Waals surface area contributed by atoms with Gasteiger partial charge in [0.2, 0.25) is 5.91 Å². The molecule has 29 heavy (non-hydrogen) atoms. The topological polar surface area (TPSA) is 105 Å². The van der Waals surface area contributed by atoms with Gasteiger partial charge < -0.3 is 25.0 Å². The van der Waals surface area contributed by atoms with E-state index in [0.29, 0.717) is 35.3 Å². The highest BCUT2D eigenvalue weighted by Gasteiger charge is 2.28. The van der Waals surface area contributed by atoms with Gasteiger partial charge in [0.15, 0.2) is 0 Å². The zero-order chi connectivity index (χ0) is 21.1. The average molecular weight is 399 g/mol. The van der Waals surface area contributed by atoms with Gasteiger partial charge in [0.1, 0.15) is 5.75 Å². The summed E-state index contributed by atoms with van der Waals surface area (Å²) < 4.78 is 10.5. The van der Waals surface area contributed by atoms with Crippen LogP contribution >= 0.6 is 0 Å². The molecule has 0 heterocycles. The van der Waals surface area contributed by atoms with Gasteiger partial charge in [-0.3, -0.25) is 4.79 Å². The van der Waals surface area contributed by atoms with Crippen LogP contribution in [-0.2, 0) is 29.2 Å². The minimum atomic E-state index is -0.455. The number of hydrogen-bond donors (Lipinski definition) is 3. The van der Waals surface area contributed by atoms with Crippen LogP contribution in [-0.4, -0.2) is 36.3 Å². The van der Waals surface area contributed by atoms with E-state index in [1.54, 1.807) is 12.1 Å². The van der Waals surface area contributed by atoms with E-state index < -0.39 is 5.97 Å². The van der Waals surface area contributed by atoms with Crippen LogP contribution in [0, 0.1) is 0 Å². The van der Waals surface area contributed by atoms with Crippen LogP contribution in [0.1, 0.15) is 52.0 Å². The maximum Gasteiger partial charge on any atom is 0.337 e.